The first-order valence-electron chi connectivity index (χ1n) is 5.87. The monoisotopic (exact) mass is 303 g/mol. The SMILES string of the molecule is CCNCC(Oc1ccc(F)cc1Br)C(C)C. The molecule has 1 aromatic rings. The topological polar surface area (TPSA) is 21.3 Å². The third-order valence-corrected chi connectivity index (χ3v) is 3.13. The lowest BCUT2D eigenvalue weighted by atomic mass is 10.1. The maximum absolute atomic E-state index is 12.9. The van der Waals surface area contributed by atoms with Gasteiger partial charge in [-0.2, -0.15) is 0 Å². The molecule has 0 heterocycles. The van der Waals surface area contributed by atoms with Gasteiger partial charge in [0.05, 0.1) is 4.47 Å². The Morgan fingerprint density at radius 2 is 2.12 bits per heavy atom. The van der Waals surface area contributed by atoms with Gasteiger partial charge in [0.25, 0.3) is 0 Å². The smallest absolute Gasteiger partial charge is 0.134 e. The highest BCUT2D eigenvalue weighted by molar-refractivity contribution is 9.10. The molecule has 96 valence electrons. The van der Waals surface area contributed by atoms with Gasteiger partial charge in [0.2, 0.25) is 0 Å². The van der Waals surface area contributed by atoms with E-state index in [1.54, 1.807) is 6.07 Å². The van der Waals surface area contributed by atoms with Crippen molar-refractivity contribution in [2.24, 2.45) is 5.92 Å². The zero-order valence-electron chi connectivity index (χ0n) is 10.5. The molecular weight excluding hydrogens is 285 g/mol. The van der Waals surface area contributed by atoms with E-state index in [4.69, 9.17) is 4.74 Å². The second kappa shape index (κ2) is 6.97. The maximum Gasteiger partial charge on any atom is 0.134 e. The van der Waals surface area contributed by atoms with Crippen LogP contribution in [0.1, 0.15) is 20.8 Å². The van der Waals surface area contributed by atoms with E-state index < -0.39 is 0 Å². The fourth-order valence-corrected chi connectivity index (χ4v) is 1.88. The van der Waals surface area contributed by atoms with Crippen LogP contribution in [0.15, 0.2) is 22.7 Å². The number of hydrogen-bond donors (Lipinski definition) is 1. The standard InChI is InChI=1S/C13H19BrFNO/c1-4-16-8-13(9(2)3)17-12-6-5-10(15)7-11(12)14/h5-7,9,13,16H,4,8H2,1-3H3. The molecule has 0 bridgehead atoms. The van der Waals surface area contributed by atoms with E-state index in [1.807, 2.05) is 0 Å². The molecule has 0 aromatic heterocycles. The molecule has 1 rings (SSSR count). The third-order valence-electron chi connectivity index (χ3n) is 2.51. The molecule has 0 saturated heterocycles. The van der Waals surface area contributed by atoms with Crippen LogP contribution in [-0.4, -0.2) is 19.2 Å². The van der Waals surface area contributed by atoms with E-state index in [0.717, 1.165) is 13.1 Å². The molecular formula is C13H19BrFNO. The summed E-state index contributed by atoms with van der Waals surface area (Å²) in [7, 11) is 0. The number of likely N-dealkylation sites (N-methyl/N-ethyl adjacent to an activating group) is 1. The van der Waals surface area contributed by atoms with E-state index >= 15 is 0 Å². The minimum Gasteiger partial charge on any atom is -0.488 e. The fraction of sp³-hybridized carbons (Fsp3) is 0.538. The minimum absolute atomic E-state index is 0.0803. The number of halogens is 2. The highest BCUT2D eigenvalue weighted by Gasteiger charge is 2.16. The van der Waals surface area contributed by atoms with Crippen LogP contribution >= 0.6 is 15.9 Å². The molecule has 1 aromatic carbocycles. The van der Waals surface area contributed by atoms with Gasteiger partial charge in [0, 0.05) is 6.54 Å². The number of rotatable bonds is 6. The molecule has 0 aliphatic heterocycles. The van der Waals surface area contributed by atoms with E-state index in [-0.39, 0.29) is 11.9 Å². The van der Waals surface area contributed by atoms with Crippen molar-refractivity contribution < 1.29 is 9.13 Å². The average molecular weight is 304 g/mol. The van der Waals surface area contributed by atoms with Crippen molar-refractivity contribution in [3.8, 4) is 5.75 Å². The van der Waals surface area contributed by atoms with Gasteiger partial charge in [-0.05, 0) is 46.6 Å². The van der Waals surface area contributed by atoms with Crippen LogP contribution in [0.25, 0.3) is 0 Å². The van der Waals surface area contributed by atoms with Crippen LogP contribution in [0.5, 0.6) is 5.75 Å². The quantitative estimate of drug-likeness (QED) is 0.867. The van der Waals surface area contributed by atoms with Gasteiger partial charge in [-0.25, -0.2) is 4.39 Å². The van der Waals surface area contributed by atoms with E-state index in [1.165, 1.54) is 12.1 Å². The van der Waals surface area contributed by atoms with Crippen LogP contribution in [-0.2, 0) is 0 Å². The van der Waals surface area contributed by atoms with Crippen LogP contribution in [0.4, 0.5) is 4.39 Å². The van der Waals surface area contributed by atoms with Crippen molar-refractivity contribution in [3.05, 3.63) is 28.5 Å². The van der Waals surface area contributed by atoms with Crippen molar-refractivity contribution in [2.75, 3.05) is 13.1 Å². The van der Waals surface area contributed by atoms with Crippen LogP contribution in [0, 0.1) is 11.7 Å². The summed E-state index contributed by atoms with van der Waals surface area (Å²) in [6.45, 7) is 7.99. The number of benzene rings is 1. The second-order valence-corrected chi connectivity index (χ2v) is 5.14. The summed E-state index contributed by atoms with van der Waals surface area (Å²) in [6.07, 6.45) is 0.0803. The Balaban J connectivity index is 2.71. The van der Waals surface area contributed by atoms with E-state index in [0.29, 0.717) is 16.1 Å². The van der Waals surface area contributed by atoms with Crippen molar-refractivity contribution in [1.29, 1.82) is 0 Å². The molecule has 1 unspecified atom stereocenters. The number of ether oxygens (including phenoxy) is 1. The summed E-state index contributed by atoms with van der Waals surface area (Å²) in [6, 6.07) is 4.48. The zero-order valence-corrected chi connectivity index (χ0v) is 12.1. The predicted molar refractivity (Wildman–Crippen MR) is 71.9 cm³/mol. The molecule has 0 amide bonds. The Labute approximate surface area is 111 Å². The largest absolute Gasteiger partial charge is 0.488 e. The third kappa shape index (κ3) is 4.64. The van der Waals surface area contributed by atoms with Gasteiger partial charge in [-0.3, -0.25) is 0 Å². The molecule has 1 N–H and O–H groups in total. The molecule has 1 atom stereocenters. The molecule has 0 aliphatic carbocycles. The summed E-state index contributed by atoms with van der Waals surface area (Å²) < 4.78 is 19.5. The normalized spacial score (nSPS) is 12.8. The number of hydrogen-bond acceptors (Lipinski definition) is 2. The molecule has 0 spiro atoms. The van der Waals surface area contributed by atoms with Crippen molar-refractivity contribution in [3.63, 3.8) is 0 Å². The Bertz CT molecular complexity index is 357. The predicted octanol–water partition coefficient (Wildman–Crippen LogP) is 3.60. The van der Waals surface area contributed by atoms with Crippen molar-refractivity contribution in [1.82, 2.24) is 5.32 Å². The van der Waals surface area contributed by atoms with Crippen LogP contribution < -0.4 is 10.1 Å². The van der Waals surface area contributed by atoms with Crippen LogP contribution in [0.2, 0.25) is 0 Å². The Hall–Kier alpha value is -0.610. The van der Waals surface area contributed by atoms with Crippen LogP contribution in [0.3, 0.4) is 0 Å². The number of nitrogens with one attached hydrogen (secondary N) is 1. The molecule has 2 nitrogen and oxygen atoms in total. The Morgan fingerprint density at radius 3 is 2.65 bits per heavy atom. The highest BCUT2D eigenvalue weighted by Crippen LogP contribution is 2.27. The van der Waals surface area contributed by atoms with E-state index in [9.17, 15) is 4.39 Å². The summed E-state index contributed by atoms with van der Waals surface area (Å²) >= 11 is 3.31. The zero-order chi connectivity index (χ0) is 12.8. The van der Waals surface area contributed by atoms with E-state index in [2.05, 4.69) is 42.0 Å². The Kier molecular flexibility index (Phi) is 5.92. The van der Waals surface area contributed by atoms with Gasteiger partial charge in [0.1, 0.15) is 17.7 Å². The lowest BCUT2D eigenvalue weighted by Gasteiger charge is -2.23. The molecule has 4 heteroatoms. The minimum atomic E-state index is -0.267. The molecule has 0 radical (unpaired) electrons. The summed E-state index contributed by atoms with van der Waals surface area (Å²) in [5.74, 6) is 0.811. The summed E-state index contributed by atoms with van der Waals surface area (Å²) in [5.41, 5.74) is 0. The van der Waals surface area contributed by atoms with Gasteiger partial charge in [-0.1, -0.05) is 20.8 Å². The highest BCUT2D eigenvalue weighted by atomic mass is 79.9. The second-order valence-electron chi connectivity index (χ2n) is 4.28. The van der Waals surface area contributed by atoms with Gasteiger partial charge >= 0.3 is 0 Å². The molecule has 0 aliphatic rings. The fourth-order valence-electron chi connectivity index (χ4n) is 1.43. The lowest BCUT2D eigenvalue weighted by molar-refractivity contribution is 0.148. The molecule has 0 saturated carbocycles. The maximum atomic E-state index is 12.9. The summed E-state index contributed by atoms with van der Waals surface area (Å²) in [5, 5.41) is 3.27. The first-order valence-corrected chi connectivity index (χ1v) is 6.66. The first kappa shape index (κ1) is 14.5. The average Bonchev–Trinajstić information content (AvgIpc) is 2.26. The van der Waals surface area contributed by atoms with Crippen molar-refractivity contribution in [2.45, 2.75) is 26.9 Å². The van der Waals surface area contributed by atoms with Crippen molar-refractivity contribution >= 4 is 15.9 Å². The first-order chi connectivity index (χ1) is 8.04. The summed E-state index contributed by atoms with van der Waals surface area (Å²) in [4.78, 5) is 0. The van der Waals surface area contributed by atoms with Gasteiger partial charge < -0.3 is 10.1 Å². The molecule has 0 fully saturated rings. The Morgan fingerprint density at radius 1 is 1.41 bits per heavy atom. The lowest BCUT2D eigenvalue weighted by Crippen LogP contribution is -2.35. The molecule has 17 heavy (non-hydrogen) atoms. The van der Waals surface area contributed by atoms with Gasteiger partial charge in [0.15, 0.2) is 0 Å². The van der Waals surface area contributed by atoms with Gasteiger partial charge in [-0.15, -0.1) is 0 Å².